The van der Waals surface area contributed by atoms with Crippen LogP contribution in [0.25, 0.3) is 0 Å². The van der Waals surface area contributed by atoms with Crippen molar-refractivity contribution in [3.05, 3.63) is 59.1 Å². The number of carbonyl (C=O) groups excluding carboxylic acids is 2. The summed E-state index contributed by atoms with van der Waals surface area (Å²) in [5.41, 5.74) is 0.513. The Morgan fingerprint density at radius 1 is 1.19 bits per heavy atom. The molecule has 0 heterocycles. The number of amides is 2. The number of carbonyl (C=O) groups is 2. The van der Waals surface area contributed by atoms with Gasteiger partial charge in [-0.15, -0.1) is 0 Å². The van der Waals surface area contributed by atoms with E-state index < -0.39 is 5.41 Å². The molecular weight excluding hydrogens is 364 g/mol. The molecule has 0 spiro atoms. The first kappa shape index (κ1) is 19.2. The maximum absolute atomic E-state index is 13.1. The molecule has 1 fully saturated rings. The van der Waals surface area contributed by atoms with E-state index in [0.29, 0.717) is 42.4 Å². The molecule has 1 aliphatic carbocycles. The molecule has 0 saturated heterocycles. The lowest BCUT2D eigenvalue weighted by atomic mass is 10.0. The number of nitrogens with zero attached hydrogens (tertiary/aromatic N) is 1. The Morgan fingerprint density at radius 3 is 2.48 bits per heavy atom. The van der Waals surface area contributed by atoms with Crippen molar-refractivity contribution in [1.82, 2.24) is 4.90 Å². The highest BCUT2D eigenvalue weighted by molar-refractivity contribution is 6.31. The van der Waals surface area contributed by atoms with Crippen LogP contribution in [-0.2, 0) is 16.1 Å². The van der Waals surface area contributed by atoms with Gasteiger partial charge >= 0.3 is 0 Å². The van der Waals surface area contributed by atoms with Crippen LogP contribution in [0.4, 0.5) is 5.69 Å². The Kier molecular flexibility index (Phi) is 5.71. The molecule has 0 bridgehead atoms. The van der Waals surface area contributed by atoms with Crippen molar-refractivity contribution in [2.24, 2.45) is 5.41 Å². The Hall–Kier alpha value is -2.53. The van der Waals surface area contributed by atoms with Gasteiger partial charge in [0.1, 0.15) is 11.2 Å². The molecule has 0 aliphatic heterocycles. The van der Waals surface area contributed by atoms with Crippen molar-refractivity contribution >= 4 is 29.1 Å². The van der Waals surface area contributed by atoms with Gasteiger partial charge in [-0.3, -0.25) is 9.59 Å². The number of rotatable bonds is 7. The average molecular weight is 387 g/mol. The Morgan fingerprint density at radius 2 is 1.89 bits per heavy atom. The molecule has 2 aromatic rings. The summed E-state index contributed by atoms with van der Waals surface area (Å²) in [4.78, 5) is 27.8. The lowest BCUT2D eigenvalue weighted by Gasteiger charge is -2.26. The summed E-state index contributed by atoms with van der Waals surface area (Å²) >= 11 is 6.03. The second kappa shape index (κ2) is 8.01. The minimum atomic E-state index is -1.00. The van der Waals surface area contributed by atoms with E-state index in [0.717, 1.165) is 5.56 Å². The van der Waals surface area contributed by atoms with Gasteiger partial charge in [-0.1, -0.05) is 41.9 Å². The normalized spacial score (nSPS) is 14.3. The molecule has 0 radical (unpaired) electrons. The molecule has 6 heteroatoms. The van der Waals surface area contributed by atoms with Crippen LogP contribution >= 0.6 is 11.6 Å². The van der Waals surface area contributed by atoms with Crippen LogP contribution in [0.5, 0.6) is 5.75 Å². The van der Waals surface area contributed by atoms with E-state index >= 15 is 0 Å². The predicted molar refractivity (Wildman–Crippen MR) is 106 cm³/mol. The summed E-state index contributed by atoms with van der Waals surface area (Å²) < 4.78 is 5.27. The molecule has 1 N–H and O–H groups in total. The standard InChI is InChI=1S/C21H23ClN2O3/c1-3-24(14-15-7-5-4-6-8-15)20(26)21(11-12-21)19(25)23-17-13-16(22)9-10-18(17)27-2/h4-10,13H,3,11-12,14H2,1-2H3,(H,23,25). The third-order valence-electron chi connectivity index (χ3n) is 4.89. The van der Waals surface area contributed by atoms with Gasteiger partial charge in [-0.25, -0.2) is 0 Å². The first-order chi connectivity index (χ1) is 13.0. The van der Waals surface area contributed by atoms with E-state index in [1.807, 2.05) is 37.3 Å². The summed E-state index contributed by atoms with van der Waals surface area (Å²) in [5.74, 6) is 0.0690. The molecule has 27 heavy (non-hydrogen) atoms. The van der Waals surface area contributed by atoms with Crippen molar-refractivity contribution < 1.29 is 14.3 Å². The highest BCUT2D eigenvalue weighted by atomic mass is 35.5. The summed E-state index contributed by atoms with van der Waals surface area (Å²) in [5, 5.41) is 3.32. The van der Waals surface area contributed by atoms with Crippen LogP contribution in [-0.4, -0.2) is 30.4 Å². The van der Waals surface area contributed by atoms with Gasteiger partial charge in [-0.05, 0) is 43.5 Å². The highest BCUT2D eigenvalue weighted by Gasteiger charge is 2.58. The van der Waals surface area contributed by atoms with Crippen LogP contribution in [0.3, 0.4) is 0 Å². The van der Waals surface area contributed by atoms with Gasteiger partial charge in [-0.2, -0.15) is 0 Å². The van der Waals surface area contributed by atoms with E-state index in [9.17, 15) is 9.59 Å². The SMILES string of the molecule is CCN(Cc1ccccc1)C(=O)C1(C(=O)Nc2cc(Cl)ccc2OC)CC1. The Bertz CT molecular complexity index is 835. The smallest absolute Gasteiger partial charge is 0.240 e. The van der Waals surface area contributed by atoms with E-state index in [1.165, 1.54) is 7.11 Å². The first-order valence-electron chi connectivity index (χ1n) is 8.98. The molecule has 2 aromatic carbocycles. The second-order valence-electron chi connectivity index (χ2n) is 6.69. The fraction of sp³-hybridized carbons (Fsp3) is 0.333. The lowest BCUT2D eigenvalue weighted by molar-refractivity contribution is -0.142. The topological polar surface area (TPSA) is 58.6 Å². The molecule has 2 amide bonds. The van der Waals surface area contributed by atoms with Crippen molar-refractivity contribution in [2.75, 3.05) is 19.0 Å². The molecule has 0 aromatic heterocycles. The third-order valence-corrected chi connectivity index (χ3v) is 5.12. The summed E-state index contributed by atoms with van der Waals surface area (Å²) in [6.45, 7) is 2.96. The number of nitrogens with one attached hydrogen (secondary N) is 1. The Labute approximate surface area is 164 Å². The molecule has 1 saturated carbocycles. The second-order valence-corrected chi connectivity index (χ2v) is 7.12. The van der Waals surface area contributed by atoms with Crippen molar-refractivity contribution in [2.45, 2.75) is 26.3 Å². The molecule has 142 valence electrons. The molecule has 3 rings (SSSR count). The van der Waals surface area contributed by atoms with Crippen LogP contribution in [0.2, 0.25) is 5.02 Å². The largest absolute Gasteiger partial charge is 0.495 e. The number of methoxy groups -OCH3 is 1. The van der Waals surface area contributed by atoms with Crippen LogP contribution in [0, 0.1) is 5.41 Å². The van der Waals surface area contributed by atoms with Crippen molar-refractivity contribution in [3.8, 4) is 5.75 Å². The first-order valence-corrected chi connectivity index (χ1v) is 9.36. The molecule has 0 atom stereocenters. The zero-order valence-electron chi connectivity index (χ0n) is 15.5. The minimum Gasteiger partial charge on any atom is -0.495 e. The fourth-order valence-corrected chi connectivity index (χ4v) is 3.29. The number of halogens is 1. The van der Waals surface area contributed by atoms with Crippen molar-refractivity contribution in [1.29, 1.82) is 0 Å². The maximum Gasteiger partial charge on any atom is 0.240 e. The van der Waals surface area contributed by atoms with Gasteiger partial charge in [0.15, 0.2) is 0 Å². The maximum atomic E-state index is 13.1. The van der Waals surface area contributed by atoms with E-state index in [-0.39, 0.29) is 11.8 Å². The number of benzene rings is 2. The van der Waals surface area contributed by atoms with E-state index in [2.05, 4.69) is 5.32 Å². The van der Waals surface area contributed by atoms with E-state index in [4.69, 9.17) is 16.3 Å². The highest BCUT2D eigenvalue weighted by Crippen LogP contribution is 2.48. The van der Waals surface area contributed by atoms with Gasteiger partial charge < -0.3 is 15.0 Å². The zero-order valence-corrected chi connectivity index (χ0v) is 16.3. The van der Waals surface area contributed by atoms with Gasteiger partial charge in [0.05, 0.1) is 12.8 Å². The van der Waals surface area contributed by atoms with Crippen LogP contribution < -0.4 is 10.1 Å². The van der Waals surface area contributed by atoms with Gasteiger partial charge in [0.2, 0.25) is 11.8 Å². The lowest BCUT2D eigenvalue weighted by Crippen LogP contribution is -2.42. The van der Waals surface area contributed by atoms with Gasteiger partial charge in [0.25, 0.3) is 0 Å². The quantitative estimate of drug-likeness (QED) is 0.728. The van der Waals surface area contributed by atoms with E-state index in [1.54, 1.807) is 23.1 Å². The van der Waals surface area contributed by atoms with Gasteiger partial charge in [0, 0.05) is 18.1 Å². The van der Waals surface area contributed by atoms with Crippen LogP contribution in [0.15, 0.2) is 48.5 Å². The van der Waals surface area contributed by atoms with Crippen LogP contribution in [0.1, 0.15) is 25.3 Å². The number of hydrogen-bond acceptors (Lipinski definition) is 3. The van der Waals surface area contributed by atoms with Crippen molar-refractivity contribution in [3.63, 3.8) is 0 Å². The summed E-state index contributed by atoms with van der Waals surface area (Å²) in [6.07, 6.45) is 1.09. The monoisotopic (exact) mass is 386 g/mol. The number of ether oxygens (including phenoxy) is 1. The molecule has 5 nitrogen and oxygen atoms in total. The number of anilines is 1. The third kappa shape index (κ3) is 4.08. The predicted octanol–water partition coefficient (Wildman–Crippen LogP) is 4.12. The molecular formula is C21H23ClN2O3. The Balaban J connectivity index is 1.76. The summed E-state index contributed by atoms with van der Waals surface area (Å²) in [7, 11) is 1.52. The molecule has 1 aliphatic rings. The molecule has 0 unspecified atom stereocenters. The summed E-state index contributed by atoms with van der Waals surface area (Å²) in [6, 6.07) is 14.8. The number of hydrogen-bond donors (Lipinski definition) is 1. The minimum absolute atomic E-state index is 0.132. The fourth-order valence-electron chi connectivity index (χ4n) is 3.12. The average Bonchev–Trinajstić information content (AvgIpc) is 3.49. The zero-order chi connectivity index (χ0) is 19.4.